The number of ether oxygens (including phenoxy) is 1. The molecule has 3 rings (SSSR count). The summed E-state index contributed by atoms with van der Waals surface area (Å²) in [6, 6.07) is 17.0. The lowest BCUT2D eigenvalue weighted by molar-refractivity contribution is -0.113. The van der Waals surface area contributed by atoms with E-state index in [0.717, 1.165) is 10.0 Å². The van der Waals surface area contributed by atoms with E-state index in [-0.39, 0.29) is 11.7 Å². The number of anilines is 3. The average Bonchev–Trinajstić information content (AvgIpc) is 3.09. The number of nitrogens with zero attached hydrogens (tertiary/aromatic N) is 2. The van der Waals surface area contributed by atoms with Gasteiger partial charge in [-0.25, -0.2) is 0 Å². The van der Waals surface area contributed by atoms with Crippen LogP contribution in [0.3, 0.4) is 0 Å². The molecule has 0 radical (unpaired) electrons. The topological polar surface area (TPSA) is 76.1 Å². The third-order valence-corrected chi connectivity index (χ3v) is 5.11. The lowest BCUT2D eigenvalue weighted by Crippen LogP contribution is -2.14. The first kappa shape index (κ1) is 17.2. The number of carbonyl (C=O) groups is 1. The average molecular weight is 372 g/mol. The van der Waals surface area contributed by atoms with Gasteiger partial charge in [0.1, 0.15) is 5.75 Å². The van der Waals surface area contributed by atoms with E-state index in [0.29, 0.717) is 16.6 Å². The van der Waals surface area contributed by atoms with Gasteiger partial charge in [0.25, 0.3) is 0 Å². The molecule has 0 bridgehead atoms. The van der Waals surface area contributed by atoms with Gasteiger partial charge in [0.15, 0.2) is 4.34 Å². The highest BCUT2D eigenvalue weighted by molar-refractivity contribution is 8.01. The SMILES string of the molecule is COc1ccccc1NC(=O)CSc1nnc(Nc2ccccc2)s1. The second kappa shape index (κ2) is 8.50. The molecule has 25 heavy (non-hydrogen) atoms. The molecule has 1 amide bonds. The Bertz CT molecular complexity index is 839. The number of hydrogen-bond donors (Lipinski definition) is 2. The molecule has 8 heteroatoms. The van der Waals surface area contributed by atoms with Gasteiger partial charge in [-0.1, -0.05) is 53.4 Å². The summed E-state index contributed by atoms with van der Waals surface area (Å²) >= 11 is 2.75. The molecule has 0 aliphatic heterocycles. The van der Waals surface area contributed by atoms with Gasteiger partial charge in [-0.3, -0.25) is 4.79 Å². The molecule has 0 saturated heterocycles. The molecule has 0 saturated carbocycles. The molecule has 2 N–H and O–H groups in total. The van der Waals surface area contributed by atoms with Crippen molar-refractivity contribution in [2.75, 3.05) is 23.5 Å². The van der Waals surface area contributed by atoms with Crippen LogP contribution >= 0.6 is 23.1 Å². The Morgan fingerprint density at radius 3 is 2.68 bits per heavy atom. The number of methoxy groups -OCH3 is 1. The van der Waals surface area contributed by atoms with Gasteiger partial charge in [0.2, 0.25) is 11.0 Å². The van der Waals surface area contributed by atoms with Gasteiger partial charge in [-0.2, -0.15) is 0 Å². The molecule has 6 nitrogen and oxygen atoms in total. The fourth-order valence-electron chi connectivity index (χ4n) is 2.03. The first-order valence-corrected chi connectivity index (χ1v) is 9.26. The van der Waals surface area contributed by atoms with Crippen molar-refractivity contribution < 1.29 is 9.53 Å². The van der Waals surface area contributed by atoms with E-state index >= 15 is 0 Å². The summed E-state index contributed by atoms with van der Waals surface area (Å²) < 4.78 is 5.95. The van der Waals surface area contributed by atoms with Gasteiger partial charge in [0.05, 0.1) is 18.6 Å². The number of hydrogen-bond acceptors (Lipinski definition) is 7. The molecule has 0 fully saturated rings. The number of thioether (sulfide) groups is 1. The molecule has 2 aromatic carbocycles. The molecule has 0 aliphatic carbocycles. The Kier molecular flexibility index (Phi) is 5.86. The van der Waals surface area contributed by atoms with Gasteiger partial charge >= 0.3 is 0 Å². The molecule has 128 valence electrons. The quantitative estimate of drug-likeness (QED) is 0.610. The summed E-state index contributed by atoms with van der Waals surface area (Å²) in [4.78, 5) is 12.1. The van der Waals surface area contributed by atoms with E-state index in [9.17, 15) is 4.79 Å². The summed E-state index contributed by atoms with van der Waals surface area (Å²) in [7, 11) is 1.57. The normalized spacial score (nSPS) is 10.3. The summed E-state index contributed by atoms with van der Waals surface area (Å²) in [5.41, 5.74) is 1.60. The fourth-order valence-corrected chi connectivity index (χ4v) is 3.60. The summed E-state index contributed by atoms with van der Waals surface area (Å²) in [5, 5.41) is 14.9. The maximum Gasteiger partial charge on any atom is 0.234 e. The Morgan fingerprint density at radius 2 is 1.88 bits per heavy atom. The Labute approximate surface area is 153 Å². The van der Waals surface area contributed by atoms with Crippen molar-refractivity contribution in [3.8, 4) is 5.75 Å². The van der Waals surface area contributed by atoms with Crippen LogP contribution in [0.25, 0.3) is 0 Å². The first-order chi connectivity index (χ1) is 12.2. The zero-order valence-electron chi connectivity index (χ0n) is 13.4. The number of benzene rings is 2. The largest absolute Gasteiger partial charge is 0.495 e. The van der Waals surface area contributed by atoms with E-state index < -0.39 is 0 Å². The second-order valence-corrected chi connectivity index (χ2v) is 7.10. The van der Waals surface area contributed by atoms with Crippen LogP contribution in [-0.4, -0.2) is 29.0 Å². The minimum atomic E-state index is -0.123. The number of aromatic nitrogens is 2. The van der Waals surface area contributed by atoms with Crippen LogP contribution in [0.2, 0.25) is 0 Å². The van der Waals surface area contributed by atoms with E-state index in [2.05, 4.69) is 20.8 Å². The Balaban J connectivity index is 1.52. The van der Waals surface area contributed by atoms with Crippen molar-refractivity contribution in [1.82, 2.24) is 10.2 Å². The van der Waals surface area contributed by atoms with Crippen molar-refractivity contribution in [2.24, 2.45) is 0 Å². The Hall–Kier alpha value is -2.58. The van der Waals surface area contributed by atoms with Gasteiger partial charge in [-0.05, 0) is 24.3 Å². The number of rotatable bonds is 7. The number of carbonyl (C=O) groups excluding carboxylic acids is 1. The summed E-state index contributed by atoms with van der Waals surface area (Å²) in [6.45, 7) is 0. The molecular weight excluding hydrogens is 356 g/mol. The maximum atomic E-state index is 12.1. The molecule has 0 atom stereocenters. The second-order valence-electron chi connectivity index (χ2n) is 4.90. The molecule has 1 heterocycles. The molecule has 0 spiro atoms. The van der Waals surface area contributed by atoms with Crippen LogP contribution in [0, 0.1) is 0 Å². The first-order valence-electron chi connectivity index (χ1n) is 7.46. The fraction of sp³-hybridized carbons (Fsp3) is 0.118. The molecule has 0 aliphatic rings. The zero-order valence-corrected chi connectivity index (χ0v) is 15.1. The molecular formula is C17H16N4O2S2. The van der Waals surface area contributed by atoms with Crippen LogP contribution < -0.4 is 15.4 Å². The number of amides is 1. The van der Waals surface area contributed by atoms with Crippen LogP contribution in [0.15, 0.2) is 58.9 Å². The lowest BCUT2D eigenvalue weighted by Gasteiger charge is -2.08. The maximum absolute atomic E-state index is 12.1. The number of para-hydroxylation sites is 3. The van der Waals surface area contributed by atoms with Crippen molar-refractivity contribution in [3.05, 3.63) is 54.6 Å². The lowest BCUT2D eigenvalue weighted by atomic mass is 10.3. The van der Waals surface area contributed by atoms with Gasteiger partial charge < -0.3 is 15.4 Å². The number of nitrogens with one attached hydrogen (secondary N) is 2. The van der Waals surface area contributed by atoms with Crippen molar-refractivity contribution in [1.29, 1.82) is 0 Å². The summed E-state index contributed by atoms with van der Waals surface area (Å²) in [6.07, 6.45) is 0. The highest BCUT2D eigenvalue weighted by atomic mass is 32.2. The molecule has 0 unspecified atom stereocenters. The third kappa shape index (κ3) is 4.94. The minimum Gasteiger partial charge on any atom is -0.495 e. The van der Waals surface area contributed by atoms with E-state index in [1.165, 1.54) is 23.1 Å². The minimum absolute atomic E-state index is 0.123. The third-order valence-electron chi connectivity index (χ3n) is 3.14. The van der Waals surface area contributed by atoms with Crippen LogP contribution in [0.1, 0.15) is 0 Å². The van der Waals surface area contributed by atoms with Crippen LogP contribution in [0.4, 0.5) is 16.5 Å². The predicted molar refractivity (Wildman–Crippen MR) is 102 cm³/mol. The Morgan fingerprint density at radius 1 is 1.12 bits per heavy atom. The van der Waals surface area contributed by atoms with E-state index in [4.69, 9.17) is 4.74 Å². The smallest absolute Gasteiger partial charge is 0.234 e. The zero-order chi connectivity index (χ0) is 17.5. The van der Waals surface area contributed by atoms with E-state index in [1.54, 1.807) is 19.2 Å². The van der Waals surface area contributed by atoms with Gasteiger partial charge in [0, 0.05) is 5.69 Å². The standard InChI is InChI=1S/C17H16N4O2S2/c1-23-14-10-6-5-9-13(14)19-15(22)11-24-17-21-20-16(25-17)18-12-7-3-2-4-8-12/h2-10H,11H2,1H3,(H,18,20)(H,19,22). The highest BCUT2D eigenvalue weighted by Crippen LogP contribution is 2.28. The molecule has 1 aromatic heterocycles. The van der Waals surface area contributed by atoms with Gasteiger partial charge in [-0.15, -0.1) is 10.2 Å². The van der Waals surface area contributed by atoms with Crippen molar-refractivity contribution in [2.45, 2.75) is 4.34 Å². The van der Waals surface area contributed by atoms with Crippen molar-refractivity contribution in [3.63, 3.8) is 0 Å². The summed E-state index contributed by atoms with van der Waals surface area (Å²) in [5.74, 6) is 0.756. The van der Waals surface area contributed by atoms with Crippen LogP contribution in [0.5, 0.6) is 5.75 Å². The highest BCUT2D eigenvalue weighted by Gasteiger charge is 2.10. The van der Waals surface area contributed by atoms with Crippen molar-refractivity contribution >= 4 is 45.5 Å². The predicted octanol–water partition coefficient (Wildman–Crippen LogP) is 4.02. The molecule has 3 aromatic rings. The van der Waals surface area contributed by atoms with Crippen LogP contribution in [-0.2, 0) is 4.79 Å². The van der Waals surface area contributed by atoms with E-state index in [1.807, 2.05) is 42.5 Å². The monoisotopic (exact) mass is 372 g/mol.